The van der Waals surface area contributed by atoms with E-state index in [1.54, 1.807) is 11.1 Å². The Kier molecular flexibility index (Phi) is 11.1. The van der Waals surface area contributed by atoms with Crippen molar-refractivity contribution in [2.75, 3.05) is 0 Å². The number of rotatable bonds is 16. The third-order valence-corrected chi connectivity index (χ3v) is 4.75. The highest BCUT2D eigenvalue weighted by atomic mass is 16.4. The Hall–Kier alpha value is -0.790. The summed E-state index contributed by atoms with van der Waals surface area (Å²) in [6.45, 7) is 2.27. The maximum Gasteiger partial charge on any atom is 0.303 e. The summed E-state index contributed by atoms with van der Waals surface area (Å²) in [4.78, 5) is 10.4. The first-order chi connectivity index (χ1) is 10.7. The van der Waals surface area contributed by atoms with Crippen LogP contribution in [-0.4, -0.2) is 11.1 Å². The molecule has 0 aromatic carbocycles. The largest absolute Gasteiger partial charge is 0.481 e. The normalized spacial score (nSPS) is 13.7. The molecule has 0 unspecified atom stereocenters. The minimum Gasteiger partial charge on any atom is -0.481 e. The van der Waals surface area contributed by atoms with E-state index in [0.717, 1.165) is 12.8 Å². The van der Waals surface area contributed by atoms with E-state index in [1.165, 1.54) is 83.5 Å². The minimum atomic E-state index is -0.654. The summed E-state index contributed by atoms with van der Waals surface area (Å²) in [5.74, 6) is -0.654. The molecule has 0 saturated carbocycles. The van der Waals surface area contributed by atoms with Gasteiger partial charge in [-0.25, -0.2) is 0 Å². The van der Waals surface area contributed by atoms with Crippen LogP contribution in [0.25, 0.3) is 0 Å². The zero-order chi connectivity index (χ0) is 16.0. The van der Waals surface area contributed by atoms with Crippen molar-refractivity contribution in [2.24, 2.45) is 0 Å². The predicted molar refractivity (Wildman–Crippen MR) is 94.2 cm³/mol. The van der Waals surface area contributed by atoms with Gasteiger partial charge in [0.05, 0.1) is 0 Å². The molecular formula is C20H36O2. The van der Waals surface area contributed by atoms with E-state index in [2.05, 4.69) is 6.92 Å². The molecule has 1 N–H and O–H groups in total. The number of carbonyl (C=O) groups is 1. The zero-order valence-electron chi connectivity index (χ0n) is 14.7. The summed E-state index contributed by atoms with van der Waals surface area (Å²) >= 11 is 0. The van der Waals surface area contributed by atoms with Gasteiger partial charge in [0.25, 0.3) is 0 Å². The van der Waals surface area contributed by atoms with E-state index in [9.17, 15) is 4.79 Å². The average molecular weight is 309 g/mol. The third kappa shape index (κ3) is 10.9. The molecule has 22 heavy (non-hydrogen) atoms. The van der Waals surface area contributed by atoms with Crippen molar-refractivity contribution < 1.29 is 9.90 Å². The molecule has 0 aromatic heterocycles. The van der Waals surface area contributed by atoms with Crippen molar-refractivity contribution in [1.29, 1.82) is 0 Å². The van der Waals surface area contributed by atoms with Gasteiger partial charge in [-0.2, -0.15) is 0 Å². The van der Waals surface area contributed by atoms with E-state index in [4.69, 9.17) is 5.11 Å². The predicted octanol–water partition coefficient (Wildman–Crippen LogP) is 6.64. The number of allylic oxidation sites excluding steroid dienone is 2. The minimum absolute atomic E-state index is 0.341. The lowest BCUT2D eigenvalue weighted by molar-refractivity contribution is -0.137. The maximum absolute atomic E-state index is 10.4. The van der Waals surface area contributed by atoms with Gasteiger partial charge in [-0.3, -0.25) is 4.79 Å². The monoisotopic (exact) mass is 308 g/mol. The molecule has 0 amide bonds. The van der Waals surface area contributed by atoms with Crippen molar-refractivity contribution >= 4 is 5.97 Å². The van der Waals surface area contributed by atoms with Gasteiger partial charge >= 0.3 is 5.97 Å². The van der Waals surface area contributed by atoms with E-state index >= 15 is 0 Å². The molecule has 1 aliphatic rings. The van der Waals surface area contributed by atoms with Crippen LogP contribution in [0, 0.1) is 0 Å². The van der Waals surface area contributed by atoms with Crippen LogP contribution in [0.5, 0.6) is 0 Å². The van der Waals surface area contributed by atoms with Gasteiger partial charge in [0.15, 0.2) is 0 Å². The quantitative estimate of drug-likeness (QED) is 0.256. The zero-order valence-corrected chi connectivity index (χ0v) is 14.7. The summed E-state index contributed by atoms with van der Waals surface area (Å²) < 4.78 is 0. The molecule has 1 rings (SSSR count). The second-order valence-corrected chi connectivity index (χ2v) is 6.92. The Balaban J connectivity index is 1.83. The van der Waals surface area contributed by atoms with Crippen LogP contribution in [0.2, 0.25) is 0 Å². The lowest BCUT2D eigenvalue weighted by atomic mass is 10.1. The fraction of sp³-hybridized carbons (Fsp3) is 0.850. The van der Waals surface area contributed by atoms with Crippen molar-refractivity contribution in [3.05, 3.63) is 11.1 Å². The summed E-state index contributed by atoms with van der Waals surface area (Å²) in [5.41, 5.74) is 3.51. The molecule has 2 heteroatoms. The van der Waals surface area contributed by atoms with E-state index < -0.39 is 5.97 Å². The smallest absolute Gasteiger partial charge is 0.303 e. The SMILES string of the molecule is CCCCCCCCCC1=C(CCCCCCCC(=O)O)C1. The molecule has 0 atom stereocenters. The molecule has 2 nitrogen and oxygen atoms in total. The summed E-state index contributed by atoms with van der Waals surface area (Å²) in [7, 11) is 0. The van der Waals surface area contributed by atoms with E-state index in [0.29, 0.717) is 6.42 Å². The van der Waals surface area contributed by atoms with Crippen LogP contribution in [0.3, 0.4) is 0 Å². The second-order valence-electron chi connectivity index (χ2n) is 6.92. The van der Waals surface area contributed by atoms with E-state index in [1.807, 2.05) is 0 Å². The first-order valence-electron chi connectivity index (χ1n) is 9.65. The molecule has 0 aromatic rings. The molecule has 1 aliphatic carbocycles. The standard InChI is InChI=1S/C20H36O2/c1-2-3-4-5-6-8-11-14-18-17-19(18)15-12-9-7-10-13-16-20(21)22/h2-17H2,1H3,(H,21,22). The van der Waals surface area contributed by atoms with Gasteiger partial charge < -0.3 is 5.11 Å². The molecule has 0 spiro atoms. The van der Waals surface area contributed by atoms with Gasteiger partial charge in [-0.15, -0.1) is 0 Å². The number of carboxylic acid groups (broad SMARTS) is 1. The average Bonchev–Trinajstić information content (AvgIpc) is 3.23. The highest BCUT2D eigenvalue weighted by molar-refractivity contribution is 5.66. The van der Waals surface area contributed by atoms with Crippen molar-refractivity contribution in [2.45, 2.75) is 110 Å². The summed E-state index contributed by atoms with van der Waals surface area (Å²) in [6, 6.07) is 0. The molecule has 0 heterocycles. The molecule has 0 fully saturated rings. The highest BCUT2D eigenvalue weighted by Gasteiger charge is 2.19. The van der Waals surface area contributed by atoms with Gasteiger partial charge in [0.1, 0.15) is 0 Å². The molecular weight excluding hydrogens is 272 g/mol. The van der Waals surface area contributed by atoms with Crippen LogP contribution >= 0.6 is 0 Å². The topological polar surface area (TPSA) is 37.3 Å². The summed E-state index contributed by atoms with van der Waals surface area (Å²) in [5, 5.41) is 8.56. The summed E-state index contributed by atoms with van der Waals surface area (Å²) in [6.07, 6.45) is 19.9. The van der Waals surface area contributed by atoms with Crippen molar-refractivity contribution in [3.8, 4) is 0 Å². The van der Waals surface area contributed by atoms with Crippen LogP contribution in [0.15, 0.2) is 11.1 Å². The first-order valence-corrected chi connectivity index (χ1v) is 9.65. The molecule has 0 bridgehead atoms. The van der Waals surface area contributed by atoms with Gasteiger partial charge in [-0.05, 0) is 38.5 Å². The highest BCUT2D eigenvalue weighted by Crippen LogP contribution is 2.38. The Bertz CT molecular complexity index is 331. The first kappa shape index (κ1) is 19.3. The van der Waals surface area contributed by atoms with Gasteiger partial charge in [0, 0.05) is 6.42 Å². The Labute approximate surface area is 137 Å². The lowest BCUT2D eigenvalue weighted by Gasteiger charge is -1.99. The molecule has 0 aliphatic heterocycles. The molecule has 0 radical (unpaired) electrons. The van der Waals surface area contributed by atoms with Crippen molar-refractivity contribution in [3.63, 3.8) is 0 Å². The number of hydrogen-bond acceptors (Lipinski definition) is 1. The van der Waals surface area contributed by atoms with Gasteiger partial charge in [-0.1, -0.05) is 75.9 Å². The third-order valence-electron chi connectivity index (χ3n) is 4.75. The van der Waals surface area contributed by atoms with Crippen LogP contribution in [-0.2, 0) is 4.79 Å². The lowest BCUT2D eigenvalue weighted by Crippen LogP contribution is -1.93. The maximum atomic E-state index is 10.4. The van der Waals surface area contributed by atoms with Crippen molar-refractivity contribution in [1.82, 2.24) is 0 Å². The molecule has 128 valence electrons. The number of carboxylic acids is 1. The van der Waals surface area contributed by atoms with Crippen LogP contribution in [0.1, 0.15) is 110 Å². The number of hydrogen-bond donors (Lipinski definition) is 1. The Morgan fingerprint density at radius 3 is 1.73 bits per heavy atom. The van der Waals surface area contributed by atoms with Gasteiger partial charge in [0.2, 0.25) is 0 Å². The fourth-order valence-electron chi connectivity index (χ4n) is 3.18. The Morgan fingerprint density at radius 2 is 1.23 bits per heavy atom. The fourth-order valence-corrected chi connectivity index (χ4v) is 3.18. The number of unbranched alkanes of at least 4 members (excludes halogenated alkanes) is 10. The van der Waals surface area contributed by atoms with Crippen LogP contribution in [0.4, 0.5) is 0 Å². The van der Waals surface area contributed by atoms with E-state index in [-0.39, 0.29) is 0 Å². The number of aliphatic carboxylic acids is 1. The Morgan fingerprint density at radius 1 is 0.773 bits per heavy atom. The second kappa shape index (κ2) is 12.7. The molecule has 0 saturated heterocycles. The van der Waals surface area contributed by atoms with Crippen LogP contribution < -0.4 is 0 Å².